The minimum Gasteiger partial charge on any atom is -0.387 e. The van der Waals surface area contributed by atoms with E-state index >= 15 is 0 Å². The maximum atomic E-state index is 14.1. The molecule has 3 rings (SSSR count). The van der Waals surface area contributed by atoms with Crippen molar-refractivity contribution in [1.82, 2.24) is 20.3 Å². The van der Waals surface area contributed by atoms with Gasteiger partial charge in [0, 0.05) is 24.9 Å². The van der Waals surface area contributed by atoms with Crippen molar-refractivity contribution >= 4 is 44.8 Å². The molecule has 0 fully saturated rings. The van der Waals surface area contributed by atoms with Crippen LogP contribution >= 0.6 is 11.3 Å². The summed E-state index contributed by atoms with van der Waals surface area (Å²) in [6.07, 6.45) is 1.29. The van der Waals surface area contributed by atoms with Crippen molar-refractivity contribution in [2.24, 2.45) is 0 Å². The molecule has 11 heteroatoms. The molecule has 3 aromatic rings. The third-order valence-corrected chi connectivity index (χ3v) is 5.32. The monoisotopic (exact) mass is 464 g/mol. The maximum Gasteiger partial charge on any atom is 0.255 e. The summed E-state index contributed by atoms with van der Waals surface area (Å²) in [6, 6.07) is 3.38. The largest absolute Gasteiger partial charge is 0.387 e. The van der Waals surface area contributed by atoms with Crippen LogP contribution in [0.3, 0.4) is 0 Å². The molecule has 8 nitrogen and oxygen atoms in total. The number of aliphatic hydroxyl groups is 1. The van der Waals surface area contributed by atoms with Crippen LogP contribution in [0.4, 0.5) is 26.1 Å². The van der Waals surface area contributed by atoms with E-state index in [9.17, 15) is 18.7 Å². The molecule has 1 amide bonds. The van der Waals surface area contributed by atoms with Gasteiger partial charge in [0.1, 0.15) is 23.5 Å². The highest BCUT2D eigenvalue weighted by molar-refractivity contribution is 7.16. The fraction of sp³-hybridized carbons (Fsp3) is 0.429. The number of hydrogen-bond donors (Lipinski definition) is 4. The fourth-order valence-electron chi connectivity index (χ4n) is 2.64. The number of amides is 1. The zero-order valence-electron chi connectivity index (χ0n) is 18.2. The van der Waals surface area contributed by atoms with Crippen LogP contribution in [0.1, 0.15) is 38.1 Å². The lowest BCUT2D eigenvalue weighted by atomic mass is 10.0. The van der Waals surface area contributed by atoms with Gasteiger partial charge in [0.15, 0.2) is 0 Å². The van der Waals surface area contributed by atoms with Gasteiger partial charge in [-0.1, -0.05) is 0 Å². The van der Waals surface area contributed by atoms with Gasteiger partial charge in [-0.05, 0) is 27.7 Å². The van der Waals surface area contributed by atoms with Crippen LogP contribution in [-0.4, -0.2) is 56.5 Å². The Morgan fingerprint density at radius 1 is 1.16 bits per heavy atom. The molecule has 0 aliphatic heterocycles. The normalized spacial score (nSPS) is 13.1. The standard InChI is InChI=1S/C21H26F2N6O2S/c1-20(2,23)10-27-13-5-17(29-18-6-15-14(8-25-18)28-11-32-15)24-7-12(13)19(30)26-9-16(22)21(3,4)31/h5-8,11,16,31H,9-10H2,1-4H3,(H,26,30)(H2,24,25,27,29). The Labute approximate surface area is 188 Å². The van der Waals surface area contributed by atoms with Gasteiger partial charge in [-0.15, -0.1) is 11.3 Å². The van der Waals surface area contributed by atoms with Gasteiger partial charge in [0.25, 0.3) is 5.91 Å². The molecule has 32 heavy (non-hydrogen) atoms. The second-order valence-electron chi connectivity index (χ2n) is 8.53. The van der Waals surface area contributed by atoms with Gasteiger partial charge < -0.3 is 21.1 Å². The van der Waals surface area contributed by atoms with Crippen LogP contribution in [0.15, 0.2) is 30.0 Å². The summed E-state index contributed by atoms with van der Waals surface area (Å²) < 4.78 is 29.0. The predicted octanol–water partition coefficient (Wildman–Crippen LogP) is 3.83. The third kappa shape index (κ3) is 6.30. The van der Waals surface area contributed by atoms with Crippen molar-refractivity contribution in [3.8, 4) is 0 Å². The number of aromatic nitrogens is 3. The highest BCUT2D eigenvalue weighted by atomic mass is 32.1. The van der Waals surface area contributed by atoms with Gasteiger partial charge in [0.2, 0.25) is 0 Å². The number of nitrogens with one attached hydrogen (secondary N) is 3. The van der Waals surface area contributed by atoms with E-state index in [1.807, 2.05) is 6.07 Å². The van der Waals surface area contributed by atoms with Crippen LogP contribution in [0.25, 0.3) is 10.2 Å². The first-order valence-corrected chi connectivity index (χ1v) is 10.8. The smallest absolute Gasteiger partial charge is 0.255 e. The second kappa shape index (κ2) is 9.29. The van der Waals surface area contributed by atoms with Crippen molar-refractivity contribution in [3.05, 3.63) is 35.6 Å². The topological polar surface area (TPSA) is 112 Å². The molecule has 1 unspecified atom stereocenters. The Kier molecular flexibility index (Phi) is 6.89. The number of anilines is 3. The molecule has 0 aliphatic rings. The minimum atomic E-state index is -1.66. The molecule has 3 aromatic heterocycles. The molecule has 4 N–H and O–H groups in total. The van der Waals surface area contributed by atoms with Crippen LogP contribution < -0.4 is 16.0 Å². The molecule has 0 bridgehead atoms. The van der Waals surface area contributed by atoms with Crippen LogP contribution in [0.5, 0.6) is 0 Å². The Balaban J connectivity index is 1.81. The van der Waals surface area contributed by atoms with Gasteiger partial charge >= 0.3 is 0 Å². The van der Waals surface area contributed by atoms with E-state index in [1.54, 1.807) is 17.8 Å². The Morgan fingerprint density at radius 2 is 1.84 bits per heavy atom. The molecular formula is C21H26F2N6O2S. The molecular weight excluding hydrogens is 438 g/mol. The van der Waals surface area contributed by atoms with E-state index in [1.165, 1.54) is 45.2 Å². The quantitative estimate of drug-likeness (QED) is 0.381. The first kappa shape index (κ1) is 23.7. The number of rotatable bonds is 9. The van der Waals surface area contributed by atoms with Crippen LogP contribution in [0, 0.1) is 0 Å². The molecule has 0 aliphatic carbocycles. The summed E-state index contributed by atoms with van der Waals surface area (Å²) in [7, 11) is 0. The summed E-state index contributed by atoms with van der Waals surface area (Å²) in [5.41, 5.74) is -0.177. The molecule has 172 valence electrons. The number of fused-ring (bicyclic) bond motifs is 1. The van der Waals surface area contributed by atoms with Crippen LogP contribution in [0.2, 0.25) is 0 Å². The lowest BCUT2D eigenvalue weighted by Gasteiger charge is -2.23. The molecule has 0 spiro atoms. The van der Waals surface area contributed by atoms with Gasteiger partial charge in [0.05, 0.1) is 45.3 Å². The number of hydrogen-bond acceptors (Lipinski definition) is 8. The van der Waals surface area contributed by atoms with Gasteiger partial charge in [-0.3, -0.25) is 4.79 Å². The number of thiazole rings is 1. The lowest BCUT2D eigenvalue weighted by molar-refractivity contribution is -0.00177. The van der Waals surface area contributed by atoms with E-state index in [2.05, 4.69) is 30.9 Å². The summed E-state index contributed by atoms with van der Waals surface area (Å²) in [5.74, 6) is 0.324. The summed E-state index contributed by atoms with van der Waals surface area (Å²) in [5, 5.41) is 18.1. The van der Waals surface area contributed by atoms with E-state index in [4.69, 9.17) is 0 Å². The van der Waals surface area contributed by atoms with E-state index < -0.39 is 23.3 Å². The number of alkyl halides is 2. The van der Waals surface area contributed by atoms with Gasteiger partial charge in [-0.2, -0.15) is 0 Å². The number of pyridine rings is 2. The Bertz CT molecular complexity index is 1090. The Hall–Kier alpha value is -2.92. The molecule has 0 saturated carbocycles. The molecule has 1 atom stereocenters. The molecule has 0 saturated heterocycles. The fourth-order valence-corrected chi connectivity index (χ4v) is 3.33. The van der Waals surface area contributed by atoms with E-state index in [-0.39, 0.29) is 18.7 Å². The Morgan fingerprint density at radius 3 is 2.53 bits per heavy atom. The van der Waals surface area contributed by atoms with E-state index in [0.717, 1.165) is 10.2 Å². The predicted molar refractivity (Wildman–Crippen MR) is 122 cm³/mol. The zero-order chi connectivity index (χ0) is 23.5. The average Bonchev–Trinajstić information content (AvgIpc) is 3.17. The van der Waals surface area contributed by atoms with Gasteiger partial charge in [-0.25, -0.2) is 23.7 Å². The maximum absolute atomic E-state index is 14.1. The molecule has 0 radical (unpaired) electrons. The second-order valence-corrected chi connectivity index (χ2v) is 9.42. The third-order valence-electron chi connectivity index (χ3n) is 4.53. The number of carbonyl (C=O) groups excluding carboxylic acids is 1. The van der Waals surface area contributed by atoms with Crippen molar-refractivity contribution in [2.45, 2.75) is 45.1 Å². The molecule has 0 aromatic carbocycles. The number of nitrogens with zero attached hydrogens (tertiary/aromatic N) is 3. The lowest BCUT2D eigenvalue weighted by Crippen LogP contribution is -2.42. The number of halogens is 2. The average molecular weight is 465 g/mol. The van der Waals surface area contributed by atoms with Crippen molar-refractivity contribution in [2.75, 3.05) is 23.7 Å². The summed E-state index contributed by atoms with van der Waals surface area (Å²) >= 11 is 1.47. The van der Waals surface area contributed by atoms with Crippen molar-refractivity contribution < 1.29 is 18.7 Å². The first-order chi connectivity index (χ1) is 14.9. The van der Waals surface area contributed by atoms with Crippen molar-refractivity contribution in [1.29, 1.82) is 0 Å². The molecule has 3 heterocycles. The SMILES string of the molecule is CC(C)(F)CNc1cc(Nc2cc3scnc3cn2)ncc1C(=O)NCC(F)C(C)(C)O. The summed E-state index contributed by atoms with van der Waals surface area (Å²) in [6.45, 7) is 5.02. The first-order valence-electron chi connectivity index (χ1n) is 9.96. The number of carbonyl (C=O) groups is 1. The van der Waals surface area contributed by atoms with Crippen LogP contribution in [-0.2, 0) is 0 Å². The summed E-state index contributed by atoms with van der Waals surface area (Å²) in [4.78, 5) is 25.4. The van der Waals surface area contributed by atoms with E-state index in [0.29, 0.717) is 17.3 Å². The van der Waals surface area contributed by atoms with Crippen molar-refractivity contribution in [3.63, 3.8) is 0 Å². The highest BCUT2D eigenvalue weighted by Gasteiger charge is 2.27. The minimum absolute atomic E-state index is 0.0583. The zero-order valence-corrected chi connectivity index (χ0v) is 19.1. The highest BCUT2D eigenvalue weighted by Crippen LogP contribution is 2.25.